The molecule has 4 heteroatoms. The van der Waals surface area contributed by atoms with Crippen LogP contribution in [-0.2, 0) is 18.0 Å². The molecule has 1 aromatic heterocycles. The molecule has 0 saturated carbocycles. The number of aryl methyl sites for hydroxylation is 1. The van der Waals surface area contributed by atoms with Gasteiger partial charge in [-0.2, -0.15) is 0 Å². The SMILES string of the molecule is CCCCCCCCCOCn1c(=N)n(CCCC)c2ccccc21. The third-order valence-electron chi connectivity index (χ3n) is 4.82. The third kappa shape index (κ3) is 5.74. The van der Waals surface area contributed by atoms with Crippen LogP contribution in [0.3, 0.4) is 0 Å². The molecule has 2 rings (SSSR count). The summed E-state index contributed by atoms with van der Waals surface area (Å²) in [6, 6.07) is 8.29. The van der Waals surface area contributed by atoms with Crippen molar-refractivity contribution in [2.45, 2.75) is 84.9 Å². The van der Waals surface area contributed by atoms with Gasteiger partial charge >= 0.3 is 0 Å². The Labute approximate surface area is 152 Å². The second kappa shape index (κ2) is 11.1. The number of para-hydroxylation sites is 2. The summed E-state index contributed by atoms with van der Waals surface area (Å²) in [6.45, 7) is 6.61. The average molecular weight is 346 g/mol. The molecule has 140 valence electrons. The summed E-state index contributed by atoms with van der Waals surface area (Å²) in [5, 5.41) is 8.51. The van der Waals surface area contributed by atoms with Crippen LogP contribution in [0.25, 0.3) is 11.0 Å². The summed E-state index contributed by atoms with van der Waals surface area (Å²) < 4.78 is 9.98. The molecule has 1 N–H and O–H groups in total. The summed E-state index contributed by atoms with van der Waals surface area (Å²) in [5.74, 6) is 0. The number of imidazole rings is 1. The van der Waals surface area contributed by atoms with Crippen LogP contribution in [-0.4, -0.2) is 15.7 Å². The molecule has 0 aliphatic carbocycles. The Morgan fingerprint density at radius 1 is 0.800 bits per heavy atom. The standard InChI is InChI=1S/C21H35N3O/c1-3-5-7-8-9-10-13-17-25-18-24-20-15-12-11-14-19(20)23(21(24)22)16-6-4-2/h11-12,14-15,22H,3-10,13,16-18H2,1-2H3. The van der Waals surface area contributed by atoms with Crippen LogP contribution in [0.15, 0.2) is 24.3 Å². The lowest BCUT2D eigenvalue weighted by Crippen LogP contribution is -2.25. The minimum atomic E-state index is 0.480. The van der Waals surface area contributed by atoms with Crippen LogP contribution >= 0.6 is 0 Å². The van der Waals surface area contributed by atoms with E-state index in [1.807, 2.05) is 16.7 Å². The summed E-state index contributed by atoms with van der Waals surface area (Å²) >= 11 is 0. The molecular weight excluding hydrogens is 310 g/mol. The van der Waals surface area contributed by atoms with Gasteiger partial charge in [0.1, 0.15) is 6.73 Å². The zero-order chi connectivity index (χ0) is 17.9. The molecule has 0 aliphatic rings. The highest BCUT2D eigenvalue weighted by atomic mass is 16.5. The number of hydrogen-bond donors (Lipinski definition) is 1. The molecule has 1 aromatic carbocycles. The van der Waals surface area contributed by atoms with E-state index in [2.05, 4.69) is 30.5 Å². The van der Waals surface area contributed by atoms with Gasteiger partial charge in [0.25, 0.3) is 0 Å². The van der Waals surface area contributed by atoms with E-state index in [1.165, 1.54) is 38.5 Å². The fourth-order valence-electron chi connectivity index (χ4n) is 3.28. The Bertz CT molecular complexity index is 671. The molecule has 1 heterocycles. The molecule has 0 spiro atoms. The van der Waals surface area contributed by atoms with Crippen LogP contribution in [0, 0.1) is 5.41 Å². The van der Waals surface area contributed by atoms with Gasteiger partial charge < -0.3 is 9.30 Å². The van der Waals surface area contributed by atoms with Gasteiger partial charge in [-0.05, 0) is 25.0 Å². The second-order valence-corrected chi connectivity index (χ2v) is 6.90. The number of nitrogens with zero attached hydrogens (tertiary/aromatic N) is 2. The molecule has 0 aliphatic heterocycles. The molecule has 2 aromatic rings. The first kappa shape index (κ1) is 19.8. The first-order valence-electron chi connectivity index (χ1n) is 10.1. The van der Waals surface area contributed by atoms with Crippen molar-refractivity contribution >= 4 is 11.0 Å². The van der Waals surface area contributed by atoms with Crippen molar-refractivity contribution in [2.75, 3.05) is 6.61 Å². The number of unbranched alkanes of at least 4 members (excludes halogenated alkanes) is 7. The minimum absolute atomic E-state index is 0.480. The number of fused-ring (bicyclic) bond motifs is 1. The van der Waals surface area contributed by atoms with Crippen LogP contribution in [0.5, 0.6) is 0 Å². The number of hydrogen-bond acceptors (Lipinski definition) is 2. The highest BCUT2D eigenvalue weighted by Crippen LogP contribution is 2.14. The van der Waals surface area contributed by atoms with Crippen LogP contribution in [0.2, 0.25) is 0 Å². The van der Waals surface area contributed by atoms with Crippen molar-refractivity contribution in [2.24, 2.45) is 0 Å². The van der Waals surface area contributed by atoms with Crippen molar-refractivity contribution < 1.29 is 4.74 Å². The molecule has 0 fully saturated rings. The highest BCUT2D eigenvalue weighted by Gasteiger charge is 2.09. The lowest BCUT2D eigenvalue weighted by molar-refractivity contribution is 0.0729. The molecule has 0 atom stereocenters. The topological polar surface area (TPSA) is 42.9 Å². The van der Waals surface area contributed by atoms with Gasteiger partial charge in [-0.15, -0.1) is 0 Å². The summed E-state index contributed by atoms with van der Waals surface area (Å²) in [7, 11) is 0. The molecular formula is C21H35N3O. The van der Waals surface area contributed by atoms with E-state index in [0.717, 1.165) is 43.4 Å². The van der Waals surface area contributed by atoms with Gasteiger partial charge in [-0.25, -0.2) is 0 Å². The second-order valence-electron chi connectivity index (χ2n) is 6.90. The fraction of sp³-hybridized carbons (Fsp3) is 0.667. The lowest BCUT2D eigenvalue weighted by Gasteiger charge is -2.07. The summed E-state index contributed by atoms with van der Waals surface area (Å²) in [6.07, 6.45) is 11.3. The molecule has 25 heavy (non-hydrogen) atoms. The minimum Gasteiger partial charge on any atom is -0.361 e. The van der Waals surface area contributed by atoms with Crippen molar-refractivity contribution in [3.63, 3.8) is 0 Å². The Kier molecular flexibility index (Phi) is 8.81. The maximum atomic E-state index is 8.51. The van der Waals surface area contributed by atoms with E-state index >= 15 is 0 Å². The Balaban J connectivity index is 1.84. The van der Waals surface area contributed by atoms with Crippen molar-refractivity contribution in [1.82, 2.24) is 9.13 Å². The van der Waals surface area contributed by atoms with E-state index in [1.54, 1.807) is 0 Å². The van der Waals surface area contributed by atoms with Gasteiger partial charge in [-0.1, -0.05) is 70.9 Å². The van der Waals surface area contributed by atoms with Crippen LogP contribution in [0.4, 0.5) is 0 Å². The Morgan fingerprint density at radius 2 is 1.40 bits per heavy atom. The van der Waals surface area contributed by atoms with Gasteiger partial charge in [0.15, 0.2) is 0 Å². The number of nitrogens with one attached hydrogen (secondary N) is 1. The normalized spacial score (nSPS) is 11.4. The molecule has 4 nitrogen and oxygen atoms in total. The largest absolute Gasteiger partial charge is 0.361 e. The van der Waals surface area contributed by atoms with E-state index in [4.69, 9.17) is 10.1 Å². The maximum absolute atomic E-state index is 8.51. The Hall–Kier alpha value is -1.55. The van der Waals surface area contributed by atoms with Gasteiger partial charge in [0.05, 0.1) is 11.0 Å². The predicted molar refractivity (Wildman–Crippen MR) is 105 cm³/mol. The zero-order valence-electron chi connectivity index (χ0n) is 16.1. The third-order valence-corrected chi connectivity index (χ3v) is 4.82. The molecule has 0 radical (unpaired) electrons. The molecule has 0 unspecified atom stereocenters. The van der Waals surface area contributed by atoms with Gasteiger partial charge in [0, 0.05) is 13.2 Å². The van der Waals surface area contributed by atoms with Crippen molar-refractivity contribution in [3.05, 3.63) is 29.9 Å². The zero-order valence-corrected chi connectivity index (χ0v) is 16.1. The van der Waals surface area contributed by atoms with Crippen molar-refractivity contribution in [1.29, 1.82) is 5.41 Å². The summed E-state index contributed by atoms with van der Waals surface area (Å²) in [5.41, 5.74) is 2.79. The maximum Gasteiger partial charge on any atom is 0.204 e. The fourth-order valence-corrected chi connectivity index (χ4v) is 3.28. The van der Waals surface area contributed by atoms with E-state index < -0.39 is 0 Å². The van der Waals surface area contributed by atoms with Crippen molar-refractivity contribution in [3.8, 4) is 0 Å². The average Bonchev–Trinajstić information content (AvgIpc) is 2.90. The molecule has 0 amide bonds. The van der Waals surface area contributed by atoms with E-state index in [9.17, 15) is 0 Å². The van der Waals surface area contributed by atoms with Gasteiger partial charge in [0.2, 0.25) is 5.62 Å². The monoisotopic (exact) mass is 345 g/mol. The smallest absolute Gasteiger partial charge is 0.204 e. The summed E-state index contributed by atoms with van der Waals surface area (Å²) in [4.78, 5) is 0. The first-order chi connectivity index (χ1) is 12.3. The number of ether oxygens (including phenoxy) is 1. The van der Waals surface area contributed by atoms with Crippen LogP contribution < -0.4 is 5.62 Å². The predicted octanol–water partition coefficient (Wildman–Crippen LogP) is 5.45. The number of aromatic nitrogens is 2. The highest BCUT2D eigenvalue weighted by molar-refractivity contribution is 5.75. The van der Waals surface area contributed by atoms with E-state index in [0.29, 0.717) is 12.3 Å². The molecule has 0 bridgehead atoms. The van der Waals surface area contributed by atoms with Crippen LogP contribution in [0.1, 0.15) is 71.6 Å². The Morgan fingerprint density at radius 3 is 2.08 bits per heavy atom. The van der Waals surface area contributed by atoms with E-state index in [-0.39, 0.29) is 0 Å². The first-order valence-corrected chi connectivity index (χ1v) is 10.1. The number of rotatable bonds is 13. The van der Waals surface area contributed by atoms with Gasteiger partial charge in [-0.3, -0.25) is 9.98 Å². The lowest BCUT2D eigenvalue weighted by atomic mass is 10.1. The number of benzene rings is 1. The molecule has 0 saturated heterocycles. The quantitative estimate of drug-likeness (QED) is 0.482.